The van der Waals surface area contributed by atoms with Gasteiger partial charge in [0, 0.05) is 10.5 Å². The monoisotopic (exact) mass is 276 g/mol. The van der Waals surface area contributed by atoms with Gasteiger partial charge in [-0.2, -0.15) is 0 Å². The van der Waals surface area contributed by atoms with E-state index >= 15 is 0 Å². The van der Waals surface area contributed by atoms with Crippen LogP contribution in [0, 0.1) is 12.7 Å². The Balaban J connectivity index is 2.27. The average molecular weight is 276 g/mol. The highest BCUT2D eigenvalue weighted by molar-refractivity contribution is 7.99. The molecule has 0 spiro atoms. The Kier molecular flexibility index (Phi) is 4.61. The van der Waals surface area contributed by atoms with E-state index in [-0.39, 0.29) is 5.82 Å². The lowest BCUT2D eigenvalue weighted by Gasteiger charge is -2.13. The summed E-state index contributed by atoms with van der Waals surface area (Å²) in [7, 11) is 0. The quantitative estimate of drug-likeness (QED) is 0.839. The lowest BCUT2D eigenvalue weighted by atomic mass is 9.99. The molecule has 0 saturated heterocycles. The van der Waals surface area contributed by atoms with Gasteiger partial charge in [0.15, 0.2) is 0 Å². The van der Waals surface area contributed by atoms with E-state index in [2.05, 4.69) is 6.92 Å². The molecule has 0 aliphatic heterocycles. The maximum absolute atomic E-state index is 13.7. The second-order valence-corrected chi connectivity index (χ2v) is 5.77. The number of aliphatic hydroxyl groups excluding tert-OH is 1. The minimum atomic E-state index is -0.916. The van der Waals surface area contributed by atoms with Crippen LogP contribution in [0.2, 0.25) is 0 Å². The Morgan fingerprint density at radius 3 is 2.47 bits per heavy atom. The van der Waals surface area contributed by atoms with Gasteiger partial charge < -0.3 is 5.11 Å². The first-order valence-electron chi connectivity index (χ1n) is 6.28. The van der Waals surface area contributed by atoms with E-state index in [1.807, 2.05) is 31.2 Å². The number of hydrogen-bond donors (Lipinski definition) is 1. The summed E-state index contributed by atoms with van der Waals surface area (Å²) >= 11 is 1.74. The lowest BCUT2D eigenvalue weighted by Crippen LogP contribution is -2.03. The van der Waals surface area contributed by atoms with Crippen molar-refractivity contribution in [2.45, 2.75) is 24.8 Å². The van der Waals surface area contributed by atoms with Crippen LogP contribution in [0.5, 0.6) is 0 Å². The molecular formula is C16H17FOS. The van der Waals surface area contributed by atoms with Gasteiger partial charge in [-0.15, -0.1) is 11.8 Å². The van der Waals surface area contributed by atoms with Crippen LogP contribution in [-0.4, -0.2) is 10.9 Å². The first-order chi connectivity index (χ1) is 9.11. The highest BCUT2D eigenvalue weighted by atomic mass is 32.2. The van der Waals surface area contributed by atoms with Crippen molar-refractivity contribution in [1.29, 1.82) is 0 Å². The number of rotatable bonds is 4. The maximum Gasteiger partial charge on any atom is 0.129 e. The Hall–Kier alpha value is -1.32. The van der Waals surface area contributed by atoms with Crippen molar-refractivity contribution < 1.29 is 9.50 Å². The zero-order valence-corrected chi connectivity index (χ0v) is 11.9. The van der Waals surface area contributed by atoms with Crippen LogP contribution in [-0.2, 0) is 0 Å². The predicted molar refractivity (Wildman–Crippen MR) is 78.0 cm³/mol. The van der Waals surface area contributed by atoms with Crippen molar-refractivity contribution >= 4 is 11.8 Å². The van der Waals surface area contributed by atoms with E-state index in [0.717, 1.165) is 16.2 Å². The van der Waals surface area contributed by atoms with Crippen LogP contribution in [0.25, 0.3) is 0 Å². The highest BCUT2D eigenvalue weighted by Crippen LogP contribution is 2.27. The number of benzene rings is 2. The van der Waals surface area contributed by atoms with Gasteiger partial charge in [-0.25, -0.2) is 4.39 Å². The van der Waals surface area contributed by atoms with Gasteiger partial charge in [0.1, 0.15) is 11.9 Å². The normalized spacial score (nSPS) is 12.4. The minimum Gasteiger partial charge on any atom is -0.384 e. The molecule has 0 fully saturated rings. The SMILES string of the molecule is CCSc1ccc(C(O)c2cc(C)ccc2F)cc1. The zero-order valence-electron chi connectivity index (χ0n) is 11.1. The summed E-state index contributed by atoms with van der Waals surface area (Å²) in [5, 5.41) is 10.3. The van der Waals surface area contributed by atoms with E-state index in [1.165, 1.54) is 6.07 Å². The van der Waals surface area contributed by atoms with Crippen molar-refractivity contribution in [3.05, 3.63) is 65.0 Å². The molecule has 2 rings (SSSR count). The van der Waals surface area contributed by atoms with Crippen molar-refractivity contribution in [3.63, 3.8) is 0 Å². The van der Waals surface area contributed by atoms with Crippen LogP contribution in [0.15, 0.2) is 47.4 Å². The molecule has 2 aromatic rings. The van der Waals surface area contributed by atoms with E-state index < -0.39 is 6.10 Å². The molecule has 1 atom stereocenters. The molecule has 1 unspecified atom stereocenters. The van der Waals surface area contributed by atoms with Gasteiger partial charge in [-0.1, -0.05) is 36.8 Å². The standard InChI is InChI=1S/C16H17FOS/c1-3-19-13-7-5-12(6-8-13)16(18)14-10-11(2)4-9-15(14)17/h4-10,16,18H,3H2,1-2H3. The first-order valence-corrected chi connectivity index (χ1v) is 7.27. The van der Waals surface area contributed by atoms with E-state index in [4.69, 9.17) is 0 Å². The van der Waals surface area contributed by atoms with Gasteiger partial charge in [0.05, 0.1) is 0 Å². The minimum absolute atomic E-state index is 0.330. The Bertz CT molecular complexity index is 551. The molecule has 0 radical (unpaired) electrons. The largest absolute Gasteiger partial charge is 0.384 e. The summed E-state index contributed by atoms with van der Waals surface area (Å²) < 4.78 is 13.7. The Labute approximate surface area is 117 Å². The predicted octanol–water partition coefficient (Wildman–Crippen LogP) is 4.33. The van der Waals surface area contributed by atoms with E-state index in [0.29, 0.717) is 11.1 Å². The number of aliphatic hydroxyl groups is 1. The third kappa shape index (κ3) is 3.37. The van der Waals surface area contributed by atoms with Crippen LogP contribution in [0.4, 0.5) is 4.39 Å². The third-order valence-electron chi connectivity index (χ3n) is 2.95. The molecule has 3 heteroatoms. The summed E-state index contributed by atoms with van der Waals surface area (Å²) in [6.45, 7) is 3.98. The van der Waals surface area contributed by atoms with Crippen LogP contribution in [0.3, 0.4) is 0 Å². The van der Waals surface area contributed by atoms with Crippen molar-refractivity contribution in [2.75, 3.05) is 5.75 Å². The van der Waals surface area contributed by atoms with Crippen molar-refractivity contribution in [3.8, 4) is 0 Å². The van der Waals surface area contributed by atoms with E-state index in [1.54, 1.807) is 23.9 Å². The molecule has 0 aliphatic carbocycles. The fourth-order valence-corrected chi connectivity index (χ4v) is 2.63. The molecule has 0 saturated carbocycles. The molecule has 2 aromatic carbocycles. The van der Waals surface area contributed by atoms with Crippen LogP contribution >= 0.6 is 11.8 Å². The fourth-order valence-electron chi connectivity index (χ4n) is 1.97. The molecule has 0 aliphatic rings. The second kappa shape index (κ2) is 6.22. The van der Waals surface area contributed by atoms with Crippen LogP contribution in [0.1, 0.15) is 29.7 Å². The smallest absolute Gasteiger partial charge is 0.129 e. The Morgan fingerprint density at radius 2 is 1.84 bits per heavy atom. The molecule has 100 valence electrons. The first kappa shape index (κ1) is 14.1. The molecule has 0 aromatic heterocycles. The summed E-state index contributed by atoms with van der Waals surface area (Å²) in [6, 6.07) is 12.4. The lowest BCUT2D eigenvalue weighted by molar-refractivity contribution is 0.215. The van der Waals surface area contributed by atoms with Gasteiger partial charge >= 0.3 is 0 Å². The van der Waals surface area contributed by atoms with Crippen LogP contribution < -0.4 is 0 Å². The van der Waals surface area contributed by atoms with Gasteiger partial charge in [-0.05, 0) is 36.4 Å². The average Bonchev–Trinajstić information content (AvgIpc) is 2.42. The van der Waals surface area contributed by atoms with Gasteiger partial charge in [-0.3, -0.25) is 0 Å². The summed E-state index contributed by atoms with van der Waals surface area (Å²) in [4.78, 5) is 1.16. The zero-order chi connectivity index (χ0) is 13.8. The summed E-state index contributed by atoms with van der Waals surface area (Å²) in [5.41, 5.74) is 1.98. The highest BCUT2D eigenvalue weighted by Gasteiger charge is 2.15. The fraction of sp³-hybridized carbons (Fsp3) is 0.250. The molecule has 0 heterocycles. The van der Waals surface area contributed by atoms with Crippen molar-refractivity contribution in [1.82, 2.24) is 0 Å². The molecule has 1 N–H and O–H groups in total. The van der Waals surface area contributed by atoms with Gasteiger partial charge in [0.2, 0.25) is 0 Å². The topological polar surface area (TPSA) is 20.2 Å². The van der Waals surface area contributed by atoms with E-state index in [9.17, 15) is 9.50 Å². The van der Waals surface area contributed by atoms with Gasteiger partial charge in [0.25, 0.3) is 0 Å². The van der Waals surface area contributed by atoms with Crippen molar-refractivity contribution in [2.24, 2.45) is 0 Å². The molecule has 0 amide bonds. The Morgan fingerprint density at radius 1 is 1.16 bits per heavy atom. The summed E-state index contributed by atoms with van der Waals surface area (Å²) in [6.07, 6.45) is -0.916. The maximum atomic E-state index is 13.7. The number of halogens is 1. The third-order valence-corrected chi connectivity index (χ3v) is 3.85. The number of thioether (sulfide) groups is 1. The second-order valence-electron chi connectivity index (χ2n) is 4.43. The number of aryl methyl sites for hydroxylation is 1. The molecule has 0 bridgehead atoms. The summed E-state index contributed by atoms with van der Waals surface area (Å²) in [5.74, 6) is 0.638. The number of hydrogen-bond acceptors (Lipinski definition) is 2. The molecule has 1 nitrogen and oxygen atoms in total. The molecule has 19 heavy (non-hydrogen) atoms. The molecular weight excluding hydrogens is 259 g/mol.